The molecule has 7 aliphatic rings. The monoisotopic (exact) mass is 632 g/mol. The maximum absolute atomic E-state index is 12.5. The van der Waals surface area contributed by atoms with Gasteiger partial charge in [0.25, 0.3) is 0 Å². The fourth-order valence-electron chi connectivity index (χ4n) is 10.9. The van der Waals surface area contributed by atoms with E-state index in [2.05, 4.69) is 13.8 Å². The lowest BCUT2D eigenvalue weighted by Gasteiger charge is -2.64. The molecule has 0 spiro atoms. The first kappa shape index (κ1) is 32.2. The second-order valence-electron chi connectivity index (χ2n) is 15.7. The van der Waals surface area contributed by atoms with Gasteiger partial charge in [-0.15, -0.1) is 0 Å². The summed E-state index contributed by atoms with van der Waals surface area (Å²) in [5, 5.41) is 44.5. The highest BCUT2D eigenvalue weighted by Crippen LogP contribution is 2.70. The molecular formula is C35H52O10. The van der Waals surface area contributed by atoms with Crippen molar-refractivity contribution in [2.45, 2.75) is 146 Å². The zero-order valence-electron chi connectivity index (χ0n) is 27.0. The molecule has 16 atom stereocenters. The van der Waals surface area contributed by atoms with Crippen LogP contribution < -0.4 is 0 Å². The Morgan fingerprint density at radius 2 is 1.67 bits per heavy atom. The first-order chi connectivity index (χ1) is 21.3. The predicted octanol–water partition coefficient (Wildman–Crippen LogP) is 3.14. The van der Waals surface area contributed by atoms with Gasteiger partial charge in [-0.3, -0.25) is 0 Å². The predicted molar refractivity (Wildman–Crippen MR) is 161 cm³/mol. The number of carbonyl (C=O) groups excluding carboxylic acids is 1. The molecule has 3 heterocycles. The quantitative estimate of drug-likeness (QED) is 0.203. The molecule has 0 bridgehead atoms. The minimum atomic E-state index is -1.21. The molecule has 45 heavy (non-hydrogen) atoms. The Hall–Kier alpha value is -1.37. The molecule has 0 aromatic heterocycles. The molecule has 3 aliphatic heterocycles. The van der Waals surface area contributed by atoms with Crippen molar-refractivity contribution in [3.8, 4) is 0 Å². The highest BCUT2D eigenvalue weighted by atomic mass is 16.7. The van der Waals surface area contributed by atoms with E-state index in [1.807, 2.05) is 0 Å². The van der Waals surface area contributed by atoms with Crippen LogP contribution >= 0.6 is 0 Å². The van der Waals surface area contributed by atoms with Crippen LogP contribution in [0.1, 0.15) is 85.5 Å². The van der Waals surface area contributed by atoms with E-state index in [4.69, 9.17) is 23.7 Å². The van der Waals surface area contributed by atoms with Crippen LogP contribution in [0.2, 0.25) is 0 Å². The second kappa shape index (κ2) is 11.7. The van der Waals surface area contributed by atoms with Gasteiger partial charge in [0.05, 0.1) is 30.0 Å². The minimum Gasteiger partial charge on any atom is -0.458 e. The van der Waals surface area contributed by atoms with E-state index in [1.165, 1.54) is 0 Å². The van der Waals surface area contributed by atoms with Crippen molar-refractivity contribution >= 4 is 5.97 Å². The van der Waals surface area contributed by atoms with Crippen LogP contribution in [0.3, 0.4) is 0 Å². The van der Waals surface area contributed by atoms with Crippen molar-refractivity contribution < 1.29 is 48.9 Å². The number of hydrogen-bond donors (Lipinski definition) is 4. The Bertz CT molecular complexity index is 1200. The van der Waals surface area contributed by atoms with Gasteiger partial charge in [-0.1, -0.05) is 19.9 Å². The third-order valence-corrected chi connectivity index (χ3v) is 13.6. The van der Waals surface area contributed by atoms with Crippen LogP contribution in [0, 0.1) is 34.5 Å². The average Bonchev–Trinajstić information content (AvgIpc) is 3.55. The zero-order chi connectivity index (χ0) is 31.9. The summed E-state index contributed by atoms with van der Waals surface area (Å²) in [6.07, 6.45) is 6.34. The first-order valence-electron chi connectivity index (χ1n) is 17.3. The van der Waals surface area contributed by atoms with Gasteiger partial charge >= 0.3 is 5.97 Å². The van der Waals surface area contributed by atoms with E-state index in [0.717, 1.165) is 63.4 Å². The molecular weight excluding hydrogens is 580 g/mol. The molecule has 0 amide bonds. The fraction of sp³-hybridized carbons (Fsp3) is 0.857. The van der Waals surface area contributed by atoms with E-state index in [1.54, 1.807) is 32.1 Å². The Kier molecular flexibility index (Phi) is 8.33. The molecule has 7 rings (SSSR count). The molecule has 4 aliphatic carbocycles. The van der Waals surface area contributed by atoms with E-state index in [-0.39, 0.29) is 34.7 Å². The van der Waals surface area contributed by atoms with Gasteiger partial charge in [0.2, 0.25) is 0 Å². The lowest BCUT2D eigenvalue weighted by molar-refractivity contribution is -0.332. The van der Waals surface area contributed by atoms with E-state index in [0.29, 0.717) is 18.4 Å². The van der Waals surface area contributed by atoms with Crippen molar-refractivity contribution in [3.05, 3.63) is 23.8 Å². The number of fused-ring (bicyclic) bond motifs is 5. The lowest BCUT2D eigenvalue weighted by atomic mass is 9.43. The smallest absolute Gasteiger partial charge is 0.331 e. The van der Waals surface area contributed by atoms with Gasteiger partial charge in [0, 0.05) is 11.5 Å². The molecule has 4 saturated carbocycles. The highest BCUT2D eigenvalue weighted by Gasteiger charge is 2.67. The molecule has 252 valence electrons. The summed E-state index contributed by atoms with van der Waals surface area (Å²) < 4.78 is 29.4. The molecule has 10 heteroatoms. The van der Waals surface area contributed by atoms with Gasteiger partial charge in [-0.25, -0.2) is 4.79 Å². The number of aliphatic hydroxyl groups excluding tert-OH is 3. The normalized spacial score (nSPS) is 54.5. The van der Waals surface area contributed by atoms with Crippen molar-refractivity contribution in [2.24, 2.45) is 34.5 Å². The van der Waals surface area contributed by atoms with Crippen molar-refractivity contribution in [1.82, 2.24) is 0 Å². The summed E-state index contributed by atoms with van der Waals surface area (Å²) >= 11 is 0. The van der Waals surface area contributed by atoms with Crippen molar-refractivity contribution in [2.75, 3.05) is 6.61 Å². The summed E-state index contributed by atoms with van der Waals surface area (Å²) in [6.45, 7) is 8.54. The molecule has 5 fully saturated rings. The standard InChI is InChI=1S/C35H52O10/c1-18-26(36)7-8-28(42-18)45-31-29(38)19(2)43-32(30(31)39)44-22-9-12-33(3)21(16-22)5-6-25-24(33)10-13-34(4)23(11-14-35(25,34)40)20-15-27(37)41-17-20/h7-8,15,18-19,21-26,28-32,36,38-40H,5-6,9-14,16-17H2,1-4H3/t18?,19?,21-,22-,23+,24?,25+,26+,28-,29?,30-,31-,32?,33?,34?,35-/m0/s1. The third kappa shape index (κ3) is 5.17. The molecule has 10 nitrogen and oxygen atoms in total. The Labute approximate surface area is 266 Å². The van der Waals surface area contributed by atoms with Crippen LogP contribution in [0.4, 0.5) is 0 Å². The minimum absolute atomic E-state index is 0.0940. The second-order valence-corrected chi connectivity index (χ2v) is 15.7. The van der Waals surface area contributed by atoms with E-state index < -0.39 is 54.8 Å². The largest absolute Gasteiger partial charge is 0.458 e. The topological polar surface area (TPSA) is 144 Å². The maximum Gasteiger partial charge on any atom is 0.331 e. The van der Waals surface area contributed by atoms with Crippen LogP contribution in [0.5, 0.6) is 0 Å². The Morgan fingerprint density at radius 1 is 0.867 bits per heavy atom. The molecule has 0 aromatic carbocycles. The number of esters is 1. The van der Waals surface area contributed by atoms with Crippen LogP contribution in [-0.4, -0.2) is 93.9 Å². The fourth-order valence-corrected chi connectivity index (χ4v) is 10.9. The third-order valence-electron chi connectivity index (χ3n) is 13.6. The molecule has 7 unspecified atom stereocenters. The Balaban J connectivity index is 1.01. The van der Waals surface area contributed by atoms with Gasteiger partial charge in [-0.05, 0) is 112 Å². The SMILES string of the molecule is CC1OC(O[C@H]2CCC3(C)C4CCC5(C)[C@@H](C6=CC(=O)OC6)CC[C@]5(O)[C@@H]4CC[C@H]3C2)[C@@H](O)[C@@H](O[C@H]2C=C[C@@H](O)C(C)O2)C1O. The summed E-state index contributed by atoms with van der Waals surface area (Å²) in [5.74, 6) is 1.04. The van der Waals surface area contributed by atoms with Gasteiger partial charge in [0.15, 0.2) is 12.6 Å². The lowest BCUT2D eigenvalue weighted by Crippen LogP contribution is -2.63. The number of rotatable bonds is 5. The van der Waals surface area contributed by atoms with Gasteiger partial charge in [0.1, 0.15) is 24.9 Å². The first-order valence-corrected chi connectivity index (χ1v) is 17.3. The number of ether oxygens (including phenoxy) is 5. The molecule has 1 saturated heterocycles. The maximum atomic E-state index is 12.5. The van der Waals surface area contributed by atoms with Crippen molar-refractivity contribution in [3.63, 3.8) is 0 Å². The number of carbonyl (C=O) groups is 1. The number of cyclic esters (lactones) is 1. The molecule has 0 aromatic rings. The molecule has 4 N–H and O–H groups in total. The van der Waals surface area contributed by atoms with E-state index >= 15 is 0 Å². The summed E-state index contributed by atoms with van der Waals surface area (Å²) in [4.78, 5) is 11.9. The van der Waals surface area contributed by atoms with Gasteiger partial charge < -0.3 is 44.1 Å². The van der Waals surface area contributed by atoms with Crippen LogP contribution in [-0.2, 0) is 28.5 Å². The Morgan fingerprint density at radius 3 is 2.40 bits per heavy atom. The van der Waals surface area contributed by atoms with Gasteiger partial charge in [-0.2, -0.15) is 0 Å². The number of hydrogen-bond acceptors (Lipinski definition) is 10. The number of aliphatic hydroxyl groups is 4. The van der Waals surface area contributed by atoms with Crippen LogP contribution in [0.15, 0.2) is 23.8 Å². The summed E-state index contributed by atoms with van der Waals surface area (Å²) in [6, 6.07) is 0. The van der Waals surface area contributed by atoms with E-state index in [9.17, 15) is 25.2 Å². The summed E-state index contributed by atoms with van der Waals surface area (Å²) in [7, 11) is 0. The summed E-state index contributed by atoms with van der Waals surface area (Å²) in [5.41, 5.74) is 0.166. The molecule has 0 radical (unpaired) electrons. The zero-order valence-corrected chi connectivity index (χ0v) is 27.0. The van der Waals surface area contributed by atoms with Crippen LogP contribution in [0.25, 0.3) is 0 Å². The highest BCUT2D eigenvalue weighted by molar-refractivity contribution is 5.85. The van der Waals surface area contributed by atoms with Crippen molar-refractivity contribution in [1.29, 1.82) is 0 Å². The average molecular weight is 633 g/mol.